The Balaban J connectivity index is 1.86. The number of carbonyl (C=O) groups excluding carboxylic acids is 2. The van der Waals surface area contributed by atoms with E-state index in [4.69, 9.17) is 9.47 Å². The topological polar surface area (TPSA) is 109 Å². The van der Waals surface area contributed by atoms with Crippen LogP contribution in [-0.2, 0) is 19.1 Å². The molecule has 8 heteroatoms. The predicted molar refractivity (Wildman–Crippen MR) is 136 cm³/mol. The van der Waals surface area contributed by atoms with Crippen LogP contribution in [0.2, 0.25) is 0 Å². The van der Waals surface area contributed by atoms with Crippen LogP contribution in [0.15, 0.2) is 23.1 Å². The molecular formula is C27H39NO6S. The van der Waals surface area contributed by atoms with Crippen molar-refractivity contribution in [2.75, 3.05) is 0 Å². The Kier molecular flexibility index (Phi) is 8.73. The highest BCUT2D eigenvalue weighted by Crippen LogP contribution is 2.44. The molecule has 6 atom stereocenters. The number of hydrogen-bond acceptors (Lipinski definition) is 8. The number of hydrogen-bond donors (Lipinski definition) is 2. The van der Waals surface area contributed by atoms with E-state index in [1.165, 1.54) is 0 Å². The highest BCUT2D eigenvalue weighted by Gasteiger charge is 2.52. The van der Waals surface area contributed by atoms with Gasteiger partial charge in [-0.05, 0) is 57.8 Å². The van der Waals surface area contributed by atoms with Crippen LogP contribution in [-0.4, -0.2) is 57.0 Å². The van der Waals surface area contributed by atoms with E-state index in [0.29, 0.717) is 19.3 Å². The van der Waals surface area contributed by atoms with Crippen LogP contribution in [0, 0.1) is 18.3 Å². The van der Waals surface area contributed by atoms with Crippen LogP contribution in [0.4, 0.5) is 0 Å². The number of esters is 1. The Labute approximate surface area is 212 Å². The van der Waals surface area contributed by atoms with E-state index in [1.807, 2.05) is 51.3 Å². The molecule has 2 N–H and O–H groups in total. The molecule has 1 fully saturated rings. The summed E-state index contributed by atoms with van der Waals surface area (Å²) < 4.78 is 11.7. The summed E-state index contributed by atoms with van der Waals surface area (Å²) in [6.07, 6.45) is 4.89. The molecule has 194 valence electrons. The normalized spacial score (nSPS) is 36.3. The number of fused-ring (bicyclic) bond motifs is 1. The quantitative estimate of drug-likeness (QED) is 0.356. The fourth-order valence-electron chi connectivity index (χ4n) is 4.70. The van der Waals surface area contributed by atoms with E-state index in [-0.39, 0.29) is 23.9 Å². The minimum Gasteiger partial charge on any atom is -0.458 e. The molecule has 3 heterocycles. The van der Waals surface area contributed by atoms with Gasteiger partial charge >= 0.3 is 5.97 Å². The predicted octanol–water partition coefficient (Wildman–Crippen LogP) is 4.40. The molecule has 0 aliphatic carbocycles. The summed E-state index contributed by atoms with van der Waals surface area (Å²) in [7, 11) is 0. The molecular weight excluding hydrogens is 466 g/mol. The van der Waals surface area contributed by atoms with Crippen LogP contribution in [0.1, 0.15) is 77.4 Å². The number of allylic oxidation sites excluding steroid dienone is 1. The lowest BCUT2D eigenvalue weighted by molar-refractivity contribution is -0.153. The highest BCUT2D eigenvalue weighted by atomic mass is 32.1. The molecule has 3 rings (SSSR count). The van der Waals surface area contributed by atoms with Crippen molar-refractivity contribution in [1.82, 2.24) is 4.98 Å². The zero-order valence-corrected chi connectivity index (χ0v) is 22.4. The second-order valence-corrected chi connectivity index (χ2v) is 11.6. The monoisotopic (exact) mass is 505 g/mol. The number of aromatic nitrogens is 1. The summed E-state index contributed by atoms with van der Waals surface area (Å²) in [4.78, 5) is 30.6. The standard InChI is InChI=1S/C27H39NO6S/c1-7-20-24(31)16(2)9-8-12-27(6)22(34-27)13-19(11-10-18-15-35-17(3)28-18)33-23(30)14-21(29)26(4,5)25(20)32/h9-11,15,19-22,24,29,31H,7-8,12-14H2,1-6H3/b11-10?,16-9+/t19-,20-,21+,22+,24+,27+/m1/s1. The second kappa shape index (κ2) is 11.0. The first kappa shape index (κ1) is 27.7. The van der Waals surface area contributed by atoms with E-state index in [9.17, 15) is 19.8 Å². The van der Waals surface area contributed by atoms with Crippen molar-refractivity contribution in [2.45, 2.75) is 104 Å². The third-order valence-corrected chi connectivity index (χ3v) is 8.23. The second-order valence-electron chi connectivity index (χ2n) is 10.6. The number of ether oxygens (including phenoxy) is 2. The number of epoxide rings is 1. The summed E-state index contributed by atoms with van der Waals surface area (Å²) in [5.41, 5.74) is -0.0239. The van der Waals surface area contributed by atoms with Crippen molar-refractivity contribution in [3.05, 3.63) is 33.8 Å². The summed E-state index contributed by atoms with van der Waals surface area (Å²) in [6.45, 7) is 10.9. The number of nitrogens with zero attached hydrogens (tertiary/aromatic N) is 1. The van der Waals surface area contributed by atoms with Gasteiger partial charge in [0.1, 0.15) is 11.9 Å². The van der Waals surface area contributed by atoms with Gasteiger partial charge in [0, 0.05) is 17.7 Å². The molecule has 1 aromatic rings. The van der Waals surface area contributed by atoms with Crippen molar-refractivity contribution < 1.29 is 29.3 Å². The maximum atomic E-state index is 13.4. The molecule has 2 aliphatic heterocycles. The van der Waals surface area contributed by atoms with Crippen LogP contribution >= 0.6 is 11.3 Å². The smallest absolute Gasteiger partial charge is 0.309 e. The fourth-order valence-corrected chi connectivity index (χ4v) is 5.28. The van der Waals surface area contributed by atoms with Crippen molar-refractivity contribution in [1.29, 1.82) is 0 Å². The van der Waals surface area contributed by atoms with Crippen LogP contribution in [0.5, 0.6) is 0 Å². The van der Waals surface area contributed by atoms with Crippen LogP contribution in [0.3, 0.4) is 0 Å². The Bertz CT molecular complexity index is 982. The molecule has 1 aromatic heterocycles. The van der Waals surface area contributed by atoms with Gasteiger partial charge in [-0.1, -0.05) is 26.8 Å². The summed E-state index contributed by atoms with van der Waals surface area (Å²) in [5.74, 6) is -1.51. The molecule has 0 saturated carbocycles. The third-order valence-electron chi connectivity index (χ3n) is 7.44. The number of rotatable bonds is 3. The van der Waals surface area contributed by atoms with Gasteiger partial charge in [-0.15, -0.1) is 11.3 Å². The van der Waals surface area contributed by atoms with Gasteiger partial charge < -0.3 is 19.7 Å². The van der Waals surface area contributed by atoms with E-state index < -0.39 is 35.6 Å². The summed E-state index contributed by atoms with van der Waals surface area (Å²) in [6, 6.07) is 0. The highest BCUT2D eigenvalue weighted by molar-refractivity contribution is 7.09. The van der Waals surface area contributed by atoms with Gasteiger partial charge in [0.15, 0.2) is 0 Å². The summed E-state index contributed by atoms with van der Waals surface area (Å²) in [5, 5.41) is 24.7. The third kappa shape index (κ3) is 6.67. The molecule has 0 unspecified atom stereocenters. The minimum atomic E-state index is -1.24. The molecule has 7 nitrogen and oxygen atoms in total. The number of aliphatic hydroxyl groups excluding tert-OH is 2. The van der Waals surface area contributed by atoms with Gasteiger partial charge in [0.2, 0.25) is 0 Å². The van der Waals surface area contributed by atoms with Crippen LogP contribution in [0.25, 0.3) is 6.08 Å². The van der Waals surface area contributed by atoms with Crippen molar-refractivity contribution in [3.8, 4) is 0 Å². The molecule has 0 bridgehead atoms. The first-order chi connectivity index (χ1) is 16.4. The van der Waals surface area contributed by atoms with Gasteiger partial charge in [0.05, 0.1) is 46.5 Å². The molecule has 0 spiro atoms. The molecule has 0 aromatic carbocycles. The minimum absolute atomic E-state index is 0.0695. The number of ketones is 1. The number of thiazole rings is 1. The zero-order valence-electron chi connectivity index (χ0n) is 21.6. The van der Waals surface area contributed by atoms with E-state index >= 15 is 0 Å². The first-order valence-corrected chi connectivity index (χ1v) is 13.3. The Morgan fingerprint density at radius 3 is 2.57 bits per heavy atom. The molecule has 0 amide bonds. The average molecular weight is 506 g/mol. The van der Waals surface area contributed by atoms with Gasteiger partial charge in [-0.2, -0.15) is 0 Å². The van der Waals surface area contributed by atoms with E-state index in [0.717, 1.165) is 22.7 Å². The van der Waals surface area contributed by atoms with Gasteiger partial charge in [-0.25, -0.2) is 4.98 Å². The number of cyclic esters (lactones) is 1. The Hall–Kier alpha value is -1.87. The number of aliphatic hydroxyl groups is 2. The lowest BCUT2D eigenvalue weighted by Crippen LogP contribution is -2.45. The molecule has 0 radical (unpaired) electrons. The SMILES string of the molecule is CC[C@H]1C(=O)C(C)(C)[C@@H](O)CC(=O)O[C@H](C=Cc2csc(C)n2)C[C@@H]2O[C@@]2(C)CC/C=C(\C)[C@@H]1O. The largest absolute Gasteiger partial charge is 0.458 e. The van der Waals surface area contributed by atoms with E-state index in [2.05, 4.69) is 4.98 Å². The van der Waals surface area contributed by atoms with Gasteiger partial charge in [0.25, 0.3) is 0 Å². The van der Waals surface area contributed by atoms with Crippen molar-refractivity contribution in [3.63, 3.8) is 0 Å². The maximum Gasteiger partial charge on any atom is 0.309 e. The van der Waals surface area contributed by atoms with E-state index in [1.54, 1.807) is 25.2 Å². The number of carbonyl (C=O) groups is 2. The Morgan fingerprint density at radius 2 is 1.94 bits per heavy atom. The lowest BCUT2D eigenvalue weighted by atomic mass is 9.72. The molecule has 1 saturated heterocycles. The number of Topliss-reactive ketones (excluding diaryl/α,β-unsaturated/α-hetero) is 1. The fraction of sp³-hybridized carbons (Fsp3) is 0.667. The number of aryl methyl sites for hydroxylation is 1. The maximum absolute atomic E-state index is 13.4. The summed E-state index contributed by atoms with van der Waals surface area (Å²) >= 11 is 1.55. The van der Waals surface area contributed by atoms with Crippen molar-refractivity contribution in [2.24, 2.45) is 11.3 Å². The van der Waals surface area contributed by atoms with Gasteiger partial charge in [-0.3, -0.25) is 9.59 Å². The van der Waals surface area contributed by atoms with Crippen molar-refractivity contribution >= 4 is 29.2 Å². The lowest BCUT2D eigenvalue weighted by Gasteiger charge is -2.34. The molecule has 35 heavy (non-hydrogen) atoms. The zero-order chi connectivity index (χ0) is 26.0. The Morgan fingerprint density at radius 1 is 1.23 bits per heavy atom. The average Bonchev–Trinajstić information content (AvgIpc) is 3.21. The van der Waals surface area contributed by atoms with Crippen LogP contribution < -0.4 is 0 Å². The first-order valence-electron chi connectivity index (χ1n) is 12.4. The molecule has 2 aliphatic rings.